The molecule has 0 saturated heterocycles. The molecule has 1 amide bonds. The van der Waals surface area contributed by atoms with E-state index in [1.807, 2.05) is 36.4 Å². The maximum Gasteiger partial charge on any atom is 0.251 e. The Morgan fingerprint density at radius 2 is 1.95 bits per heavy atom. The molecule has 21 heavy (non-hydrogen) atoms. The van der Waals surface area contributed by atoms with E-state index in [0.717, 1.165) is 20.6 Å². The van der Waals surface area contributed by atoms with E-state index in [1.54, 1.807) is 20.3 Å². The summed E-state index contributed by atoms with van der Waals surface area (Å²) in [6.45, 7) is 0.380. The maximum absolute atomic E-state index is 12.1. The number of rotatable bonds is 5. The van der Waals surface area contributed by atoms with Gasteiger partial charge in [0.1, 0.15) is 11.5 Å². The van der Waals surface area contributed by atoms with Gasteiger partial charge in [-0.2, -0.15) is 0 Å². The summed E-state index contributed by atoms with van der Waals surface area (Å²) in [6, 6.07) is 13.0. The summed E-state index contributed by atoms with van der Waals surface area (Å²) in [5.74, 6) is 1.34. The predicted octanol–water partition coefficient (Wildman–Crippen LogP) is 3.24. The zero-order chi connectivity index (χ0) is 15.2. The van der Waals surface area contributed by atoms with E-state index in [1.165, 1.54) is 0 Å². The van der Waals surface area contributed by atoms with Crippen LogP contribution in [-0.2, 0) is 6.54 Å². The quantitative estimate of drug-likeness (QED) is 0.789. The standard InChI is InChI=1S/C16H16INO3/c1-20-14-6-7-15(21-2)12(9-14)10-18-16(19)11-4-3-5-13(17)8-11/h3-9H,10H2,1-2H3,(H,18,19). The average molecular weight is 397 g/mol. The Kier molecular flexibility index (Phi) is 5.44. The molecule has 2 aromatic rings. The minimum atomic E-state index is -0.113. The van der Waals surface area contributed by atoms with Gasteiger partial charge in [-0.1, -0.05) is 6.07 Å². The van der Waals surface area contributed by atoms with Gasteiger partial charge in [0.25, 0.3) is 5.91 Å². The molecule has 0 aromatic heterocycles. The molecule has 110 valence electrons. The van der Waals surface area contributed by atoms with Gasteiger partial charge in [0.2, 0.25) is 0 Å². The molecule has 0 radical (unpaired) electrons. The number of amides is 1. The molecule has 0 atom stereocenters. The van der Waals surface area contributed by atoms with Crippen molar-refractivity contribution in [3.8, 4) is 11.5 Å². The topological polar surface area (TPSA) is 47.6 Å². The normalized spacial score (nSPS) is 10.0. The number of carbonyl (C=O) groups excluding carboxylic acids is 1. The fraction of sp³-hybridized carbons (Fsp3) is 0.188. The Balaban J connectivity index is 2.10. The first-order valence-corrected chi connectivity index (χ1v) is 7.46. The lowest BCUT2D eigenvalue weighted by Gasteiger charge is -2.11. The second-order valence-electron chi connectivity index (χ2n) is 4.37. The molecular weight excluding hydrogens is 381 g/mol. The first-order valence-electron chi connectivity index (χ1n) is 6.38. The van der Waals surface area contributed by atoms with Gasteiger partial charge >= 0.3 is 0 Å². The van der Waals surface area contributed by atoms with Crippen molar-refractivity contribution in [2.75, 3.05) is 14.2 Å². The van der Waals surface area contributed by atoms with Gasteiger partial charge in [-0.15, -0.1) is 0 Å². The van der Waals surface area contributed by atoms with Gasteiger partial charge in [-0.05, 0) is 59.0 Å². The Labute approximate surface area is 137 Å². The van der Waals surface area contributed by atoms with Crippen LogP contribution < -0.4 is 14.8 Å². The number of ether oxygens (including phenoxy) is 2. The predicted molar refractivity (Wildman–Crippen MR) is 89.9 cm³/mol. The van der Waals surface area contributed by atoms with E-state index >= 15 is 0 Å². The van der Waals surface area contributed by atoms with E-state index in [-0.39, 0.29) is 5.91 Å². The van der Waals surface area contributed by atoms with Crippen molar-refractivity contribution < 1.29 is 14.3 Å². The van der Waals surface area contributed by atoms with Gasteiger partial charge in [-0.25, -0.2) is 0 Å². The van der Waals surface area contributed by atoms with Crippen LogP contribution in [0.5, 0.6) is 11.5 Å². The molecule has 0 unspecified atom stereocenters. The molecule has 1 N–H and O–H groups in total. The molecule has 0 aliphatic rings. The zero-order valence-corrected chi connectivity index (χ0v) is 14.0. The fourth-order valence-corrected chi connectivity index (χ4v) is 2.47. The van der Waals surface area contributed by atoms with Crippen LogP contribution in [0.1, 0.15) is 15.9 Å². The summed E-state index contributed by atoms with van der Waals surface area (Å²) < 4.78 is 11.5. The lowest BCUT2D eigenvalue weighted by molar-refractivity contribution is 0.0950. The highest BCUT2D eigenvalue weighted by molar-refractivity contribution is 14.1. The molecule has 0 spiro atoms. The summed E-state index contributed by atoms with van der Waals surface area (Å²) >= 11 is 2.18. The van der Waals surface area contributed by atoms with Crippen molar-refractivity contribution in [1.82, 2.24) is 5.32 Å². The van der Waals surface area contributed by atoms with E-state index in [4.69, 9.17) is 9.47 Å². The molecule has 0 aliphatic heterocycles. The number of hydrogen-bond donors (Lipinski definition) is 1. The summed E-state index contributed by atoms with van der Waals surface area (Å²) in [6.07, 6.45) is 0. The van der Waals surface area contributed by atoms with Gasteiger partial charge in [0, 0.05) is 21.2 Å². The van der Waals surface area contributed by atoms with Crippen molar-refractivity contribution in [3.63, 3.8) is 0 Å². The van der Waals surface area contributed by atoms with Crippen LogP contribution in [-0.4, -0.2) is 20.1 Å². The van der Waals surface area contributed by atoms with Crippen LogP contribution in [0, 0.1) is 3.57 Å². The molecule has 4 nitrogen and oxygen atoms in total. The van der Waals surface area contributed by atoms with E-state index < -0.39 is 0 Å². The highest BCUT2D eigenvalue weighted by Crippen LogP contribution is 2.23. The first kappa shape index (κ1) is 15.6. The fourth-order valence-electron chi connectivity index (χ4n) is 1.93. The molecule has 0 aliphatic carbocycles. The highest BCUT2D eigenvalue weighted by Gasteiger charge is 2.09. The third kappa shape index (κ3) is 4.10. The Morgan fingerprint density at radius 3 is 2.62 bits per heavy atom. The van der Waals surface area contributed by atoms with E-state index in [2.05, 4.69) is 27.9 Å². The molecule has 5 heteroatoms. The molecule has 2 aromatic carbocycles. The molecule has 0 fully saturated rings. The summed E-state index contributed by atoms with van der Waals surface area (Å²) in [5, 5.41) is 2.89. The van der Waals surface area contributed by atoms with Crippen LogP contribution >= 0.6 is 22.6 Å². The van der Waals surface area contributed by atoms with Crippen molar-refractivity contribution in [2.24, 2.45) is 0 Å². The highest BCUT2D eigenvalue weighted by atomic mass is 127. The lowest BCUT2D eigenvalue weighted by atomic mass is 10.1. The largest absolute Gasteiger partial charge is 0.497 e. The molecule has 0 heterocycles. The second-order valence-corrected chi connectivity index (χ2v) is 5.62. The Bertz CT molecular complexity index is 643. The average Bonchev–Trinajstić information content (AvgIpc) is 2.52. The second kappa shape index (κ2) is 7.31. The van der Waals surface area contributed by atoms with E-state index in [0.29, 0.717) is 12.1 Å². The number of nitrogens with one attached hydrogen (secondary N) is 1. The van der Waals surface area contributed by atoms with E-state index in [9.17, 15) is 4.79 Å². The SMILES string of the molecule is COc1ccc(OC)c(CNC(=O)c2cccc(I)c2)c1. The van der Waals surface area contributed by atoms with Crippen LogP contribution in [0.15, 0.2) is 42.5 Å². The van der Waals surface area contributed by atoms with Gasteiger partial charge in [-0.3, -0.25) is 4.79 Å². The molecule has 0 bridgehead atoms. The third-order valence-corrected chi connectivity index (χ3v) is 3.68. The molecule has 2 rings (SSSR count). The van der Waals surface area contributed by atoms with Gasteiger partial charge in [0.05, 0.1) is 14.2 Å². The van der Waals surface area contributed by atoms with Crippen LogP contribution in [0.3, 0.4) is 0 Å². The maximum atomic E-state index is 12.1. The van der Waals surface area contributed by atoms with Crippen molar-refractivity contribution >= 4 is 28.5 Å². The summed E-state index contributed by atoms with van der Waals surface area (Å²) in [5.41, 5.74) is 1.51. The van der Waals surface area contributed by atoms with Crippen LogP contribution in [0.2, 0.25) is 0 Å². The van der Waals surface area contributed by atoms with Crippen LogP contribution in [0.25, 0.3) is 0 Å². The number of hydrogen-bond acceptors (Lipinski definition) is 3. The number of methoxy groups -OCH3 is 2. The minimum absolute atomic E-state index is 0.113. The Morgan fingerprint density at radius 1 is 1.14 bits per heavy atom. The van der Waals surface area contributed by atoms with Crippen molar-refractivity contribution in [3.05, 3.63) is 57.2 Å². The molecular formula is C16H16INO3. The van der Waals surface area contributed by atoms with Gasteiger partial charge < -0.3 is 14.8 Å². The third-order valence-electron chi connectivity index (χ3n) is 3.01. The summed E-state index contributed by atoms with van der Waals surface area (Å²) in [4.78, 5) is 12.1. The first-order chi connectivity index (χ1) is 10.1. The minimum Gasteiger partial charge on any atom is -0.497 e. The van der Waals surface area contributed by atoms with Crippen molar-refractivity contribution in [1.29, 1.82) is 0 Å². The van der Waals surface area contributed by atoms with Crippen molar-refractivity contribution in [2.45, 2.75) is 6.54 Å². The monoisotopic (exact) mass is 397 g/mol. The lowest BCUT2D eigenvalue weighted by Crippen LogP contribution is -2.23. The smallest absolute Gasteiger partial charge is 0.251 e. The molecule has 0 saturated carbocycles. The Hall–Kier alpha value is -1.76. The zero-order valence-electron chi connectivity index (χ0n) is 11.9. The number of halogens is 1. The number of carbonyl (C=O) groups is 1. The van der Waals surface area contributed by atoms with Crippen LogP contribution in [0.4, 0.5) is 0 Å². The summed E-state index contributed by atoms with van der Waals surface area (Å²) in [7, 11) is 3.21. The number of benzene rings is 2. The van der Waals surface area contributed by atoms with Gasteiger partial charge in [0.15, 0.2) is 0 Å².